The van der Waals surface area contributed by atoms with Crippen LogP contribution < -0.4 is 11.1 Å². The highest BCUT2D eigenvalue weighted by Gasteiger charge is 2.47. The SMILES string of the molecule is COC(=O)[C@H]1C[C@H]1C(C)CCCCCCC(Nc1ccc(-c2ccccc2)cc1)C(=O)N1CC(OC2=NC3C=CC=CC3(C)S2)C[C@H]1C(N)=O. The van der Waals surface area contributed by atoms with E-state index in [1.165, 1.54) is 7.11 Å². The number of nitrogens with two attached hydrogens (primary N) is 1. The van der Waals surface area contributed by atoms with E-state index in [9.17, 15) is 14.4 Å². The Morgan fingerprint density at radius 3 is 2.42 bits per heavy atom. The van der Waals surface area contributed by atoms with Gasteiger partial charge in [-0.15, -0.1) is 0 Å². The van der Waals surface area contributed by atoms with Gasteiger partial charge in [0.1, 0.15) is 18.2 Å². The Morgan fingerprint density at radius 2 is 1.72 bits per heavy atom. The van der Waals surface area contributed by atoms with Gasteiger partial charge in [0.2, 0.25) is 17.0 Å². The number of carbonyl (C=O) groups excluding carboxylic acids is 3. The summed E-state index contributed by atoms with van der Waals surface area (Å²) in [6, 6.07) is 17.0. The first-order chi connectivity index (χ1) is 24.1. The number of nitrogens with one attached hydrogen (secondary N) is 1. The Morgan fingerprint density at radius 1 is 1.00 bits per heavy atom. The molecule has 2 fully saturated rings. The summed E-state index contributed by atoms with van der Waals surface area (Å²) in [7, 11) is 1.46. The molecule has 4 aliphatic rings. The Kier molecular flexibility index (Phi) is 11.4. The van der Waals surface area contributed by atoms with Gasteiger partial charge in [0, 0.05) is 12.1 Å². The summed E-state index contributed by atoms with van der Waals surface area (Å²) in [6.45, 7) is 4.64. The van der Waals surface area contributed by atoms with Crippen molar-refractivity contribution in [2.75, 3.05) is 19.0 Å². The van der Waals surface area contributed by atoms with Crippen LogP contribution in [0.5, 0.6) is 0 Å². The highest BCUT2D eigenvalue weighted by molar-refractivity contribution is 8.15. The van der Waals surface area contributed by atoms with Crippen LogP contribution in [0.4, 0.5) is 5.69 Å². The number of amides is 2. The maximum Gasteiger partial charge on any atom is 0.308 e. The van der Waals surface area contributed by atoms with Crippen molar-refractivity contribution in [3.05, 3.63) is 78.9 Å². The Hall–Kier alpha value is -4.05. The molecule has 5 unspecified atom stereocenters. The van der Waals surface area contributed by atoms with E-state index in [-0.39, 0.29) is 41.2 Å². The van der Waals surface area contributed by atoms with E-state index in [1.54, 1.807) is 16.7 Å². The topological polar surface area (TPSA) is 123 Å². The lowest BCUT2D eigenvalue weighted by molar-refractivity contribution is -0.142. The fraction of sp³-hybridized carbons (Fsp3) is 0.500. The maximum atomic E-state index is 14.3. The third-order valence-electron chi connectivity index (χ3n) is 10.7. The summed E-state index contributed by atoms with van der Waals surface area (Å²) in [5.41, 5.74) is 8.95. The summed E-state index contributed by atoms with van der Waals surface area (Å²) in [4.78, 5) is 45.2. The van der Waals surface area contributed by atoms with Crippen LogP contribution in [0, 0.1) is 17.8 Å². The van der Waals surface area contributed by atoms with Crippen LogP contribution >= 0.6 is 11.8 Å². The van der Waals surface area contributed by atoms with Gasteiger partial charge in [-0.2, -0.15) is 0 Å². The molecule has 2 aliphatic carbocycles. The van der Waals surface area contributed by atoms with Gasteiger partial charge in [-0.1, -0.05) is 118 Å². The number of ether oxygens (including phenoxy) is 2. The molecule has 9 nitrogen and oxygen atoms in total. The number of aliphatic imine (C=N–C) groups is 1. The molecule has 2 aromatic rings. The molecular formula is C40H50N4O5S. The van der Waals surface area contributed by atoms with Crippen LogP contribution in [0.25, 0.3) is 11.1 Å². The second kappa shape index (κ2) is 15.9. The highest BCUT2D eigenvalue weighted by atomic mass is 32.2. The Bertz CT molecular complexity index is 1610. The molecule has 2 amide bonds. The van der Waals surface area contributed by atoms with Crippen LogP contribution in [0.2, 0.25) is 0 Å². The Labute approximate surface area is 300 Å². The minimum atomic E-state index is -0.750. The average molecular weight is 699 g/mol. The second-order valence-corrected chi connectivity index (χ2v) is 15.8. The lowest BCUT2D eigenvalue weighted by atomic mass is 9.96. The molecule has 3 N–H and O–H groups in total. The van der Waals surface area contributed by atoms with Crippen molar-refractivity contribution < 1.29 is 23.9 Å². The van der Waals surface area contributed by atoms with E-state index in [4.69, 9.17) is 20.2 Å². The van der Waals surface area contributed by atoms with Gasteiger partial charge in [-0.25, -0.2) is 4.99 Å². The van der Waals surface area contributed by atoms with Crippen LogP contribution in [-0.2, 0) is 23.9 Å². The number of thioether (sulfide) groups is 1. The molecule has 2 aliphatic heterocycles. The van der Waals surface area contributed by atoms with E-state index in [0.29, 0.717) is 29.9 Å². The quantitative estimate of drug-likeness (QED) is 0.156. The number of esters is 1. The van der Waals surface area contributed by atoms with E-state index in [1.807, 2.05) is 42.5 Å². The molecule has 50 heavy (non-hydrogen) atoms. The molecule has 2 heterocycles. The van der Waals surface area contributed by atoms with Crippen molar-refractivity contribution in [2.24, 2.45) is 28.5 Å². The van der Waals surface area contributed by atoms with Crippen molar-refractivity contribution in [1.82, 2.24) is 4.90 Å². The van der Waals surface area contributed by atoms with E-state index in [2.05, 4.69) is 55.6 Å². The van der Waals surface area contributed by atoms with Gasteiger partial charge in [-0.05, 0) is 54.9 Å². The van der Waals surface area contributed by atoms with Gasteiger partial charge in [0.15, 0.2) is 0 Å². The fourth-order valence-corrected chi connectivity index (χ4v) is 8.71. The number of allylic oxidation sites excluding steroid dienone is 2. The summed E-state index contributed by atoms with van der Waals surface area (Å²) in [5.74, 6) is 0.258. The van der Waals surface area contributed by atoms with Gasteiger partial charge in [-0.3, -0.25) is 14.4 Å². The first-order valence-electron chi connectivity index (χ1n) is 18.0. The van der Waals surface area contributed by atoms with Crippen LogP contribution in [0.1, 0.15) is 65.2 Å². The molecule has 0 spiro atoms. The molecule has 6 rings (SSSR count). The lowest BCUT2D eigenvalue weighted by Gasteiger charge is -2.28. The molecule has 0 radical (unpaired) electrons. The molecule has 8 atom stereocenters. The molecule has 0 bridgehead atoms. The number of hydrogen-bond donors (Lipinski definition) is 2. The first-order valence-corrected chi connectivity index (χ1v) is 18.9. The van der Waals surface area contributed by atoms with E-state index < -0.39 is 18.0 Å². The van der Waals surface area contributed by atoms with Crippen LogP contribution in [0.15, 0.2) is 83.9 Å². The molecule has 266 valence electrons. The van der Waals surface area contributed by atoms with Crippen LogP contribution in [-0.4, -0.2) is 70.5 Å². The maximum absolute atomic E-state index is 14.3. The summed E-state index contributed by atoms with van der Waals surface area (Å²) < 4.78 is 11.0. The number of anilines is 1. The number of primary amides is 1. The monoisotopic (exact) mass is 698 g/mol. The molecule has 10 heteroatoms. The minimum Gasteiger partial charge on any atom is -0.469 e. The number of benzene rings is 2. The van der Waals surface area contributed by atoms with Crippen LogP contribution in [0.3, 0.4) is 0 Å². The van der Waals surface area contributed by atoms with Crippen molar-refractivity contribution in [3.63, 3.8) is 0 Å². The predicted molar refractivity (Wildman–Crippen MR) is 199 cm³/mol. The number of unbranched alkanes of at least 4 members (excludes halogenated alkanes) is 3. The zero-order valence-electron chi connectivity index (χ0n) is 29.3. The van der Waals surface area contributed by atoms with Gasteiger partial charge < -0.3 is 25.4 Å². The second-order valence-electron chi connectivity index (χ2n) is 14.4. The lowest BCUT2D eigenvalue weighted by Crippen LogP contribution is -2.49. The third-order valence-corrected chi connectivity index (χ3v) is 11.9. The van der Waals surface area contributed by atoms with E-state index in [0.717, 1.165) is 55.3 Å². The van der Waals surface area contributed by atoms with Gasteiger partial charge in [0.05, 0.1) is 30.4 Å². The number of hydrogen-bond acceptors (Lipinski definition) is 8. The molecule has 2 aromatic carbocycles. The van der Waals surface area contributed by atoms with Crippen molar-refractivity contribution in [1.29, 1.82) is 0 Å². The smallest absolute Gasteiger partial charge is 0.308 e. The number of rotatable bonds is 15. The normalized spacial score (nSPS) is 27.6. The summed E-state index contributed by atoms with van der Waals surface area (Å²) >= 11 is 1.57. The van der Waals surface area contributed by atoms with Crippen molar-refractivity contribution >= 4 is 40.5 Å². The Balaban J connectivity index is 1.08. The molecule has 1 saturated carbocycles. The number of methoxy groups -OCH3 is 1. The average Bonchev–Trinajstić information content (AvgIpc) is 3.70. The molecule has 1 saturated heterocycles. The number of carbonyl (C=O) groups is 3. The number of fused-ring (bicyclic) bond motifs is 1. The first kappa shape index (κ1) is 35.8. The standard InChI is InChI=1S/C40H50N4O5S/c1-26(31-24-32(31)38(47)48-3)13-7-4-5-10-16-33(42-29-20-18-28(19-21-29)27-14-8-6-9-15-27)37(46)44-25-30(23-34(44)36(41)45)49-39-43-35-17-11-12-22-40(35,2)50-39/h6,8-9,11-12,14-15,17-22,26,30-35,42H,4-5,7,10,13,16,23-25H2,1-3H3,(H2,41,45)/t26?,30?,31-,32-,33?,34-,35?,40?/m0/s1. The zero-order chi connectivity index (χ0) is 35.3. The van der Waals surface area contributed by atoms with Gasteiger partial charge >= 0.3 is 5.97 Å². The minimum absolute atomic E-state index is 0.00544. The third kappa shape index (κ3) is 8.45. The predicted octanol–water partition coefficient (Wildman–Crippen LogP) is 6.75. The molecule has 0 aromatic heterocycles. The molecular weight excluding hydrogens is 649 g/mol. The fourth-order valence-electron chi connectivity index (χ4n) is 7.59. The van der Waals surface area contributed by atoms with Crippen molar-refractivity contribution in [2.45, 2.75) is 94.2 Å². The summed E-state index contributed by atoms with van der Waals surface area (Å²) in [6.07, 6.45) is 14.8. The highest BCUT2D eigenvalue weighted by Crippen LogP contribution is 2.46. The van der Waals surface area contributed by atoms with Crippen molar-refractivity contribution in [3.8, 4) is 11.1 Å². The van der Waals surface area contributed by atoms with E-state index >= 15 is 0 Å². The largest absolute Gasteiger partial charge is 0.469 e. The zero-order valence-corrected chi connectivity index (χ0v) is 30.1. The summed E-state index contributed by atoms with van der Waals surface area (Å²) in [5, 5.41) is 4.09. The number of likely N-dealkylation sites (tertiary alicyclic amines) is 1. The van der Waals surface area contributed by atoms with Gasteiger partial charge in [0.25, 0.3) is 0 Å². The number of nitrogens with zero attached hydrogens (tertiary/aromatic N) is 2.